The van der Waals surface area contributed by atoms with E-state index in [-0.39, 0.29) is 5.92 Å². The molecule has 11 heteroatoms. The fraction of sp³-hybridized carbons (Fsp3) is 0.538. The highest BCUT2D eigenvalue weighted by atomic mass is 19.4. The van der Waals surface area contributed by atoms with Gasteiger partial charge >= 0.3 is 6.18 Å². The number of aliphatic imine (C=N–C) groups is 2. The van der Waals surface area contributed by atoms with Gasteiger partial charge in [0.05, 0.1) is 12.2 Å². The molecule has 0 spiro atoms. The lowest BCUT2D eigenvalue weighted by Gasteiger charge is -2.37. The third kappa shape index (κ3) is 5.97. The van der Waals surface area contributed by atoms with Crippen LogP contribution < -0.4 is 4.90 Å². The molecule has 4 heterocycles. The molecule has 0 atom stereocenters. The standard InChI is InChI=1S/C26H34F3N7O/c1-17(2)22-20(7-6-10-31-22)23(30-4)33-24-18(3)37-14-13-36(24)15-19-8-11-35(12-9-19)25-32-21(16-34(25)5)26(27,28)29/h6-7,10,16-17,19H,4,8-9,11-15H2,1-3,5H3. The van der Waals surface area contributed by atoms with Crippen LogP contribution in [0.3, 0.4) is 0 Å². The Labute approximate surface area is 215 Å². The highest BCUT2D eigenvalue weighted by Gasteiger charge is 2.36. The number of anilines is 1. The van der Waals surface area contributed by atoms with Crippen molar-refractivity contribution in [2.75, 3.05) is 37.7 Å². The Morgan fingerprint density at radius 2 is 1.97 bits per heavy atom. The number of piperidine rings is 1. The molecule has 0 aromatic carbocycles. The molecular weight excluding hydrogens is 483 g/mol. The van der Waals surface area contributed by atoms with Crippen molar-refractivity contribution < 1.29 is 17.9 Å². The minimum Gasteiger partial charge on any atom is -0.493 e. The van der Waals surface area contributed by atoms with Crippen LogP contribution in [0.4, 0.5) is 19.1 Å². The third-order valence-electron chi connectivity index (χ3n) is 6.80. The number of amidine groups is 1. The number of hydrogen-bond acceptors (Lipinski definition) is 6. The largest absolute Gasteiger partial charge is 0.493 e. The summed E-state index contributed by atoms with van der Waals surface area (Å²) in [5.74, 6) is 2.89. The van der Waals surface area contributed by atoms with Crippen molar-refractivity contribution >= 4 is 18.5 Å². The maximum atomic E-state index is 13.1. The van der Waals surface area contributed by atoms with E-state index in [1.54, 1.807) is 13.2 Å². The van der Waals surface area contributed by atoms with Gasteiger partial charge in [-0.05, 0) is 50.5 Å². The van der Waals surface area contributed by atoms with Gasteiger partial charge in [0, 0.05) is 44.6 Å². The Morgan fingerprint density at radius 3 is 2.59 bits per heavy atom. The zero-order valence-corrected chi connectivity index (χ0v) is 21.8. The molecule has 0 N–H and O–H groups in total. The highest BCUT2D eigenvalue weighted by Crippen LogP contribution is 2.32. The summed E-state index contributed by atoms with van der Waals surface area (Å²) >= 11 is 0. The molecule has 0 aliphatic carbocycles. The van der Waals surface area contributed by atoms with E-state index >= 15 is 0 Å². The van der Waals surface area contributed by atoms with Gasteiger partial charge in [0.1, 0.15) is 12.4 Å². The Morgan fingerprint density at radius 1 is 1.24 bits per heavy atom. The van der Waals surface area contributed by atoms with Gasteiger partial charge in [-0.1, -0.05) is 13.8 Å². The maximum absolute atomic E-state index is 13.1. The number of aryl methyl sites for hydroxylation is 1. The van der Waals surface area contributed by atoms with E-state index in [1.165, 1.54) is 4.57 Å². The SMILES string of the molecule is C=NC(=NC1=C(C)OCCN1CC1CCN(c2nc(C(F)(F)F)cn2C)CC1)c1cccnc1C(C)C. The van der Waals surface area contributed by atoms with Gasteiger partial charge in [0.15, 0.2) is 17.4 Å². The molecule has 1 saturated heterocycles. The quantitative estimate of drug-likeness (QED) is 0.405. The van der Waals surface area contributed by atoms with E-state index in [9.17, 15) is 13.2 Å². The molecule has 37 heavy (non-hydrogen) atoms. The van der Waals surface area contributed by atoms with E-state index < -0.39 is 11.9 Å². The van der Waals surface area contributed by atoms with Crippen LogP contribution in [0.1, 0.15) is 56.5 Å². The average molecular weight is 518 g/mol. The number of nitrogens with zero attached hydrogens (tertiary/aromatic N) is 7. The fourth-order valence-corrected chi connectivity index (χ4v) is 4.89. The number of hydrogen-bond donors (Lipinski definition) is 0. The molecule has 2 aromatic rings. The summed E-state index contributed by atoms with van der Waals surface area (Å²) in [6, 6.07) is 3.82. The van der Waals surface area contributed by atoms with Crippen molar-refractivity contribution in [2.24, 2.45) is 23.0 Å². The number of halogens is 3. The van der Waals surface area contributed by atoms with E-state index in [1.807, 2.05) is 24.0 Å². The summed E-state index contributed by atoms with van der Waals surface area (Å²) in [4.78, 5) is 21.6. The summed E-state index contributed by atoms with van der Waals surface area (Å²) in [7, 11) is 1.60. The van der Waals surface area contributed by atoms with Crippen LogP contribution in [0.25, 0.3) is 0 Å². The number of alkyl halides is 3. The minimum absolute atomic E-state index is 0.202. The summed E-state index contributed by atoms with van der Waals surface area (Å²) in [6.07, 6.45) is 0.0474. The molecule has 200 valence electrons. The van der Waals surface area contributed by atoms with Crippen LogP contribution in [-0.4, -0.2) is 64.8 Å². The molecule has 0 bridgehead atoms. The maximum Gasteiger partial charge on any atom is 0.434 e. The van der Waals surface area contributed by atoms with Crippen molar-refractivity contribution in [3.8, 4) is 0 Å². The second-order valence-electron chi connectivity index (χ2n) is 9.82. The lowest BCUT2D eigenvalue weighted by atomic mass is 9.96. The number of aromatic nitrogens is 3. The number of imidazole rings is 1. The van der Waals surface area contributed by atoms with Crippen LogP contribution in [-0.2, 0) is 18.0 Å². The third-order valence-corrected chi connectivity index (χ3v) is 6.80. The average Bonchev–Trinajstić information content (AvgIpc) is 3.26. The second-order valence-corrected chi connectivity index (χ2v) is 9.82. The molecule has 4 rings (SSSR count). The topological polar surface area (TPSA) is 71.1 Å². The molecule has 0 unspecified atom stereocenters. The minimum atomic E-state index is -4.45. The zero-order chi connectivity index (χ0) is 26.7. The summed E-state index contributed by atoms with van der Waals surface area (Å²) in [5, 5.41) is 0. The molecule has 0 amide bonds. The van der Waals surface area contributed by atoms with Crippen molar-refractivity contribution in [2.45, 2.75) is 45.7 Å². The van der Waals surface area contributed by atoms with Crippen LogP contribution in [0.2, 0.25) is 0 Å². The van der Waals surface area contributed by atoms with Gasteiger partial charge in [-0.2, -0.15) is 13.2 Å². The first-order chi connectivity index (χ1) is 17.6. The number of pyridine rings is 1. The van der Waals surface area contributed by atoms with Gasteiger partial charge in [-0.25, -0.2) is 15.0 Å². The monoisotopic (exact) mass is 517 g/mol. The first-order valence-corrected chi connectivity index (χ1v) is 12.5. The molecule has 0 radical (unpaired) electrons. The first kappa shape index (κ1) is 26.7. The van der Waals surface area contributed by atoms with Crippen LogP contribution >= 0.6 is 0 Å². The molecule has 1 fully saturated rings. The lowest BCUT2D eigenvalue weighted by molar-refractivity contribution is -0.140. The molecule has 2 aliphatic rings. The van der Waals surface area contributed by atoms with Crippen molar-refractivity contribution in [3.63, 3.8) is 0 Å². The molecule has 0 saturated carbocycles. The Balaban J connectivity index is 1.48. The first-order valence-electron chi connectivity index (χ1n) is 12.5. The van der Waals surface area contributed by atoms with E-state index in [2.05, 4.69) is 40.4 Å². The van der Waals surface area contributed by atoms with E-state index in [4.69, 9.17) is 9.73 Å². The zero-order valence-electron chi connectivity index (χ0n) is 21.8. The number of ether oxygens (including phenoxy) is 1. The molecule has 2 aromatic heterocycles. The van der Waals surface area contributed by atoms with E-state index in [0.29, 0.717) is 43.9 Å². The smallest absolute Gasteiger partial charge is 0.434 e. The lowest BCUT2D eigenvalue weighted by Crippen LogP contribution is -2.41. The highest BCUT2D eigenvalue weighted by molar-refractivity contribution is 6.02. The Bertz CT molecular complexity index is 1180. The van der Waals surface area contributed by atoms with Gasteiger partial charge in [0.2, 0.25) is 5.95 Å². The molecule has 2 aliphatic heterocycles. The van der Waals surface area contributed by atoms with E-state index in [0.717, 1.165) is 48.4 Å². The van der Waals surface area contributed by atoms with Crippen molar-refractivity contribution in [1.82, 2.24) is 19.4 Å². The number of allylic oxidation sites excluding steroid dienone is 1. The normalized spacial score (nSPS) is 18.0. The van der Waals surface area contributed by atoms with Crippen molar-refractivity contribution in [1.29, 1.82) is 0 Å². The van der Waals surface area contributed by atoms with Gasteiger partial charge in [-0.3, -0.25) is 4.98 Å². The summed E-state index contributed by atoms with van der Waals surface area (Å²) < 4.78 is 46.5. The van der Waals surface area contributed by atoms with Crippen LogP contribution in [0.15, 0.2) is 46.1 Å². The fourth-order valence-electron chi connectivity index (χ4n) is 4.89. The predicted molar refractivity (Wildman–Crippen MR) is 138 cm³/mol. The summed E-state index contributed by atoms with van der Waals surface area (Å²) in [5.41, 5.74) is 0.898. The van der Waals surface area contributed by atoms with Crippen molar-refractivity contribution in [3.05, 3.63) is 53.1 Å². The molecule has 8 nitrogen and oxygen atoms in total. The van der Waals surface area contributed by atoms with Gasteiger partial charge < -0.3 is 19.1 Å². The van der Waals surface area contributed by atoms with Gasteiger partial charge in [0.25, 0.3) is 0 Å². The van der Waals surface area contributed by atoms with Gasteiger partial charge in [-0.15, -0.1) is 0 Å². The summed E-state index contributed by atoms with van der Waals surface area (Å²) in [6.45, 7) is 13.1. The van der Waals surface area contributed by atoms with Crippen LogP contribution in [0, 0.1) is 5.92 Å². The second kappa shape index (κ2) is 10.9. The Kier molecular flexibility index (Phi) is 7.89. The number of rotatable bonds is 6. The predicted octanol–water partition coefficient (Wildman–Crippen LogP) is 4.84. The molecular formula is C26H34F3N7O. The van der Waals surface area contributed by atoms with Crippen LogP contribution in [0.5, 0.6) is 0 Å². The Hall–Kier alpha value is -3.37.